The largest absolute Gasteiger partial charge is 0.355 e. The van der Waals surface area contributed by atoms with Gasteiger partial charge in [-0.05, 0) is 25.1 Å². The third-order valence-electron chi connectivity index (χ3n) is 4.86. The second kappa shape index (κ2) is 7.82. The van der Waals surface area contributed by atoms with Gasteiger partial charge in [-0.2, -0.15) is 0 Å². The number of anilines is 3. The highest BCUT2D eigenvalue weighted by Crippen LogP contribution is 2.37. The molecule has 3 amide bonds. The van der Waals surface area contributed by atoms with Crippen LogP contribution in [0, 0.1) is 12.7 Å². The van der Waals surface area contributed by atoms with Crippen molar-refractivity contribution in [3.8, 4) is 11.4 Å². The quantitative estimate of drug-likeness (QED) is 0.453. The summed E-state index contributed by atoms with van der Waals surface area (Å²) in [7, 11) is 1.49. The molecule has 0 saturated heterocycles. The van der Waals surface area contributed by atoms with Gasteiger partial charge in [0, 0.05) is 43.2 Å². The van der Waals surface area contributed by atoms with Crippen molar-refractivity contribution in [3.63, 3.8) is 0 Å². The zero-order valence-electron chi connectivity index (χ0n) is 16.4. The zero-order chi connectivity index (χ0) is 21.3. The molecule has 154 valence electrons. The predicted octanol–water partition coefficient (Wildman–Crippen LogP) is 2.70. The fraction of sp³-hybridized carbons (Fsp3) is 0.200. The second-order valence-electron chi connectivity index (χ2n) is 6.74. The van der Waals surface area contributed by atoms with Crippen LogP contribution in [0.2, 0.25) is 0 Å². The van der Waals surface area contributed by atoms with E-state index in [1.54, 1.807) is 25.1 Å². The Hall–Kier alpha value is -3.95. The van der Waals surface area contributed by atoms with Crippen LogP contribution < -0.4 is 21.3 Å². The van der Waals surface area contributed by atoms with E-state index in [2.05, 4.69) is 36.2 Å². The van der Waals surface area contributed by atoms with Crippen LogP contribution in [0.4, 0.5) is 26.5 Å². The van der Waals surface area contributed by atoms with E-state index in [1.807, 2.05) is 0 Å². The Bertz CT molecular complexity index is 1140. The van der Waals surface area contributed by atoms with Crippen molar-refractivity contribution in [2.45, 2.75) is 13.3 Å². The molecule has 1 aliphatic heterocycles. The van der Waals surface area contributed by atoms with Crippen LogP contribution in [0.5, 0.6) is 0 Å². The highest BCUT2D eigenvalue weighted by atomic mass is 19.1. The molecule has 3 heterocycles. The Morgan fingerprint density at radius 2 is 2.10 bits per heavy atom. The van der Waals surface area contributed by atoms with Crippen molar-refractivity contribution in [1.29, 1.82) is 0 Å². The first-order valence-electron chi connectivity index (χ1n) is 9.35. The number of rotatable bonds is 4. The number of aromatic amines is 1. The summed E-state index contributed by atoms with van der Waals surface area (Å²) in [5.41, 5.74) is 3.68. The number of hydrogen-bond donors (Lipinski definition) is 5. The highest BCUT2D eigenvalue weighted by molar-refractivity contribution is 6.06. The maximum atomic E-state index is 14.1. The van der Waals surface area contributed by atoms with E-state index in [0.717, 1.165) is 5.69 Å². The van der Waals surface area contributed by atoms with Gasteiger partial charge in [-0.1, -0.05) is 6.07 Å². The number of halogens is 1. The number of amides is 3. The molecule has 0 bridgehead atoms. The minimum Gasteiger partial charge on any atom is -0.355 e. The average molecular weight is 409 g/mol. The summed E-state index contributed by atoms with van der Waals surface area (Å²) < 4.78 is 14.1. The molecule has 0 unspecified atom stereocenters. The third kappa shape index (κ3) is 3.54. The topological polar surface area (TPSA) is 124 Å². The van der Waals surface area contributed by atoms with E-state index in [9.17, 15) is 14.0 Å². The lowest BCUT2D eigenvalue weighted by Crippen LogP contribution is -2.31. The molecule has 10 heteroatoms. The molecule has 1 aromatic carbocycles. The lowest BCUT2D eigenvalue weighted by Gasteiger charge is -2.16. The number of hydrogen-bond acceptors (Lipinski definition) is 5. The molecule has 4 rings (SSSR count). The van der Waals surface area contributed by atoms with E-state index in [1.165, 1.54) is 19.3 Å². The molecule has 30 heavy (non-hydrogen) atoms. The van der Waals surface area contributed by atoms with Gasteiger partial charge in [0.05, 0.1) is 22.6 Å². The van der Waals surface area contributed by atoms with E-state index >= 15 is 0 Å². The fourth-order valence-corrected chi connectivity index (χ4v) is 3.30. The van der Waals surface area contributed by atoms with Gasteiger partial charge in [-0.3, -0.25) is 10.1 Å². The van der Waals surface area contributed by atoms with Crippen LogP contribution in [0.3, 0.4) is 0 Å². The third-order valence-corrected chi connectivity index (χ3v) is 4.86. The molecule has 0 spiro atoms. The Balaban J connectivity index is 1.82. The molecule has 0 atom stereocenters. The van der Waals surface area contributed by atoms with E-state index < -0.39 is 6.03 Å². The molecule has 2 aromatic heterocycles. The smallest absolute Gasteiger partial charge is 0.321 e. The molecular formula is C20H20FN7O2. The summed E-state index contributed by atoms with van der Waals surface area (Å²) in [6.45, 7) is 2.17. The van der Waals surface area contributed by atoms with Crippen molar-refractivity contribution in [1.82, 2.24) is 25.6 Å². The standard InChI is InChI=1S/C20H20FN7O2/c1-10-11(21)4-3-5-12(10)25-17-15-13(6-8-23-18(15)29)26-16(17)14-7-9-24-19(27-14)28-20(30)22-2/h3-5,7,9,25-26H,6,8H2,1-2H3,(H,23,29)(H2,22,24,27,28,30). The highest BCUT2D eigenvalue weighted by Gasteiger charge is 2.28. The molecule has 0 radical (unpaired) electrons. The van der Waals surface area contributed by atoms with Gasteiger partial charge in [-0.25, -0.2) is 19.2 Å². The molecule has 1 aliphatic rings. The van der Waals surface area contributed by atoms with Crippen molar-refractivity contribution in [3.05, 3.63) is 53.1 Å². The van der Waals surface area contributed by atoms with Crippen molar-refractivity contribution in [2.24, 2.45) is 0 Å². The number of nitrogens with zero attached hydrogens (tertiary/aromatic N) is 2. The maximum absolute atomic E-state index is 14.1. The van der Waals surface area contributed by atoms with Gasteiger partial charge in [0.25, 0.3) is 5.91 Å². The van der Waals surface area contributed by atoms with Crippen LogP contribution in [0.15, 0.2) is 30.5 Å². The Labute approximate surface area is 171 Å². The molecule has 5 N–H and O–H groups in total. The SMILES string of the molecule is CNC(=O)Nc1nccc(-c2[nH]c3c(c2Nc2cccc(F)c2C)C(=O)NCC3)n1. The monoisotopic (exact) mass is 409 g/mol. The van der Waals surface area contributed by atoms with Gasteiger partial charge in [0.15, 0.2) is 0 Å². The number of aromatic nitrogens is 3. The van der Waals surface area contributed by atoms with Crippen LogP contribution in [-0.2, 0) is 6.42 Å². The van der Waals surface area contributed by atoms with Crippen LogP contribution >= 0.6 is 0 Å². The minimum absolute atomic E-state index is 0.108. The van der Waals surface area contributed by atoms with Crippen molar-refractivity contribution in [2.75, 3.05) is 24.2 Å². The lowest BCUT2D eigenvalue weighted by atomic mass is 10.1. The Morgan fingerprint density at radius 3 is 2.90 bits per heavy atom. The van der Waals surface area contributed by atoms with E-state index in [4.69, 9.17) is 0 Å². The molecule has 0 saturated carbocycles. The van der Waals surface area contributed by atoms with Gasteiger partial charge in [0.2, 0.25) is 5.95 Å². The van der Waals surface area contributed by atoms with Gasteiger partial charge in [-0.15, -0.1) is 0 Å². The van der Waals surface area contributed by atoms with Crippen molar-refractivity contribution >= 4 is 29.3 Å². The summed E-state index contributed by atoms with van der Waals surface area (Å²) >= 11 is 0. The van der Waals surface area contributed by atoms with Gasteiger partial charge in [0.1, 0.15) is 5.82 Å². The van der Waals surface area contributed by atoms with Crippen molar-refractivity contribution < 1.29 is 14.0 Å². The first-order chi connectivity index (χ1) is 14.5. The number of H-pyrrole nitrogens is 1. The summed E-state index contributed by atoms with van der Waals surface area (Å²) in [6.07, 6.45) is 2.12. The molecular weight excluding hydrogens is 389 g/mol. The number of fused-ring (bicyclic) bond motifs is 1. The summed E-state index contributed by atoms with van der Waals surface area (Å²) in [4.78, 5) is 35.9. The lowest BCUT2D eigenvalue weighted by molar-refractivity contribution is 0.0947. The zero-order valence-corrected chi connectivity index (χ0v) is 16.4. The first kappa shape index (κ1) is 19.4. The number of nitrogens with one attached hydrogen (secondary N) is 5. The van der Waals surface area contributed by atoms with Crippen LogP contribution in [0.25, 0.3) is 11.4 Å². The summed E-state index contributed by atoms with van der Waals surface area (Å²) in [5.74, 6) is -0.473. The summed E-state index contributed by atoms with van der Waals surface area (Å²) in [5, 5.41) is 11.0. The molecule has 0 aliphatic carbocycles. The van der Waals surface area contributed by atoms with Crippen LogP contribution in [-0.4, -0.2) is 40.5 Å². The first-order valence-corrected chi connectivity index (χ1v) is 9.35. The molecule has 3 aromatic rings. The molecule has 9 nitrogen and oxygen atoms in total. The van der Waals surface area contributed by atoms with E-state index in [-0.39, 0.29) is 17.7 Å². The Kier molecular flexibility index (Phi) is 5.05. The minimum atomic E-state index is -0.453. The molecule has 0 fully saturated rings. The number of benzene rings is 1. The maximum Gasteiger partial charge on any atom is 0.321 e. The number of carbonyl (C=O) groups excluding carboxylic acids is 2. The van der Waals surface area contributed by atoms with Gasteiger partial charge >= 0.3 is 6.03 Å². The number of urea groups is 1. The summed E-state index contributed by atoms with van der Waals surface area (Å²) in [6, 6.07) is 5.92. The van der Waals surface area contributed by atoms with E-state index in [0.29, 0.717) is 46.9 Å². The van der Waals surface area contributed by atoms with Crippen LogP contribution in [0.1, 0.15) is 21.6 Å². The van der Waals surface area contributed by atoms with Gasteiger partial charge < -0.3 is 20.9 Å². The number of carbonyl (C=O) groups is 2. The second-order valence-corrected chi connectivity index (χ2v) is 6.74. The fourth-order valence-electron chi connectivity index (χ4n) is 3.30. The average Bonchev–Trinajstić information content (AvgIpc) is 3.11. The predicted molar refractivity (Wildman–Crippen MR) is 110 cm³/mol. The Morgan fingerprint density at radius 1 is 1.27 bits per heavy atom. The normalized spacial score (nSPS) is 12.7.